The number of rotatable bonds is 4. The third-order valence-corrected chi connectivity index (χ3v) is 3.17. The van der Waals surface area contributed by atoms with Crippen molar-refractivity contribution in [1.82, 2.24) is 5.32 Å². The first-order chi connectivity index (χ1) is 7.81. The van der Waals surface area contributed by atoms with E-state index in [0.29, 0.717) is 11.8 Å². The summed E-state index contributed by atoms with van der Waals surface area (Å²) in [5, 5.41) is 21.6. The fraction of sp³-hybridized carbons (Fsp3) is 0.538. The van der Waals surface area contributed by atoms with E-state index in [9.17, 15) is 5.11 Å². The van der Waals surface area contributed by atoms with Crippen LogP contribution in [0.5, 0.6) is 5.75 Å². The summed E-state index contributed by atoms with van der Waals surface area (Å²) < 4.78 is 0. The maximum absolute atomic E-state index is 9.44. The largest absolute Gasteiger partial charge is 0.508 e. The lowest BCUT2D eigenvalue weighted by Gasteiger charge is -2.26. The van der Waals surface area contributed by atoms with Gasteiger partial charge in [-0.15, -0.1) is 0 Å². The maximum atomic E-state index is 9.44. The van der Waals surface area contributed by atoms with Crippen LogP contribution in [0.2, 0.25) is 0 Å². The van der Waals surface area contributed by atoms with Gasteiger partial charge < -0.3 is 15.5 Å². The van der Waals surface area contributed by atoms with Crippen LogP contribution in [0, 0.1) is 0 Å². The summed E-state index contributed by atoms with van der Waals surface area (Å²) in [6.07, 6.45) is 4.16. The van der Waals surface area contributed by atoms with Gasteiger partial charge in [-0.05, 0) is 55.5 Å². The molecule has 0 aliphatic heterocycles. The topological polar surface area (TPSA) is 52.5 Å². The smallest absolute Gasteiger partial charge is 0.115 e. The third-order valence-electron chi connectivity index (χ3n) is 3.17. The van der Waals surface area contributed by atoms with Gasteiger partial charge in [-0.2, -0.15) is 0 Å². The van der Waals surface area contributed by atoms with Crippen molar-refractivity contribution in [2.24, 2.45) is 0 Å². The summed E-state index contributed by atoms with van der Waals surface area (Å²) >= 11 is 0. The number of aromatic hydroxyl groups is 1. The van der Waals surface area contributed by atoms with Crippen LogP contribution in [0.4, 0.5) is 0 Å². The molecule has 88 valence electrons. The summed E-state index contributed by atoms with van der Waals surface area (Å²) in [4.78, 5) is 0. The molecule has 1 atom stereocenters. The van der Waals surface area contributed by atoms with E-state index in [1.54, 1.807) is 6.07 Å². The lowest BCUT2D eigenvalue weighted by molar-refractivity contribution is 0.281. The van der Waals surface area contributed by atoms with Gasteiger partial charge in [-0.25, -0.2) is 0 Å². The van der Waals surface area contributed by atoms with Gasteiger partial charge >= 0.3 is 0 Å². The molecule has 0 amide bonds. The minimum atomic E-state index is 0.238. The molecule has 1 aliphatic carbocycles. The van der Waals surface area contributed by atoms with E-state index >= 15 is 0 Å². The highest BCUT2D eigenvalue weighted by atomic mass is 16.3. The molecule has 0 heterocycles. The Balaban J connectivity index is 2.07. The molecule has 3 heteroatoms. The zero-order valence-corrected chi connectivity index (χ0v) is 9.45. The second-order valence-electron chi connectivity index (χ2n) is 4.36. The maximum Gasteiger partial charge on any atom is 0.115 e. The fourth-order valence-corrected chi connectivity index (χ4v) is 2.37. The van der Waals surface area contributed by atoms with E-state index in [1.807, 2.05) is 12.1 Å². The molecule has 0 aromatic heterocycles. The predicted molar refractivity (Wildman–Crippen MR) is 63.5 cm³/mol. The fourth-order valence-electron chi connectivity index (χ4n) is 2.37. The molecule has 0 radical (unpaired) electrons. The molecule has 3 nitrogen and oxygen atoms in total. The number of hydrogen-bond donors (Lipinski definition) is 3. The van der Waals surface area contributed by atoms with Gasteiger partial charge in [0.15, 0.2) is 0 Å². The Kier molecular flexibility index (Phi) is 3.80. The Hall–Kier alpha value is -1.06. The molecule has 0 bridgehead atoms. The quantitative estimate of drug-likeness (QED) is 0.679. The molecule has 2 rings (SSSR count). The average molecular weight is 221 g/mol. The molecule has 0 saturated carbocycles. The van der Waals surface area contributed by atoms with Crippen LogP contribution in [0.25, 0.3) is 0 Å². The van der Waals surface area contributed by atoms with Crippen molar-refractivity contribution in [2.75, 3.05) is 13.2 Å². The number of hydrogen-bond acceptors (Lipinski definition) is 3. The molecule has 0 spiro atoms. The van der Waals surface area contributed by atoms with E-state index in [4.69, 9.17) is 5.11 Å². The molecule has 1 aromatic carbocycles. The number of aliphatic hydroxyl groups is 1. The molecule has 1 unspecified atom stereocenters. The standard InChI is InChI=1S/C13H19NO2/c15-8-2-7-14-13-4-1-3-10-9-11(16)5-6-12(10)13/h5-6,9,13-16H,1-4,7-8H2. The number of aryl methyl sites for hydroxylation is 1. The van der Waals surface area contributed by atoms with Crippen molar-refractivity contribution in [1.29, 1.82) is 0 Å². The first-order valence-corrected chi connectivity index (χ1v) is 5.97. The molecule has 0 fully saturated rings. The summed E-state index contributed by atoms with van der Waals surface area (Å²) in [6.45, 7) is 1.09. The normalized spacial score (nSPS) is 19.4. The molecule has 3 N–H and O–H groups in total. The SMILES string of the molecule is OCCCNC1CCCc2cc(O)ccc21. The van der Waals surface area contributed by atoms with Crippen molar-refractivity contribution in [3.05, 3.63) is 29.3 Å². The molecule has 0 saturated heterocycles. The summed E-state index contributed by atoms with van der Waals surface area (Å²) in [5.41, 5.74) is 2.56. The minimum absolute atomic E-state index is 0.238. The third kappa shape index (κ3) is 2.54. The molecule has 16 heavy (non-hydrogen) atoms. The molecular formula is C13H19NO2. The van der Waals surface area contributed by atoms with Crippen LogP contribution in [0.3, 0.4) is 0 Å². The van der Waals surface area contributed by atoms with E-state index in [1.165, 1.54) is 11.1 Å². The summed E-state index contributed by atoms with van der Waals surface area (Å²) in [5.74, 6) is 0.356. The Morgan fingerprint density at radius 1 is 1.38 bits per heavy atom. The number of phenolic OH excluding ortho intramolecular Hbond substituents is 1. The van der Waals surface area contributed by atoms with Gasteiger partial charge in [0, 0.05) is 12.6 Å². The highest BCUT2D eigenvalue weighted by molar-refractivity contribution is 5.38. The minimum Gasteiger partial charge on any atom is -0.508 e. The Morgan fingerprint density at radius 2 is 2.25 bits per heavy atom. The van der Waals surface area contributed by atoms with E-state index in [0.717, 1.165) is 32.2 Å². The first-order valence-electron chi connectivity index (χ1n) is 5.97. The van der Waals surface area contributed by atoms with Gasteiger partial charge in [0.2, 0.25) is 0 Å². The Labute approximate surface area is 96.1 Å². The predicted octanol–water partition coefficient (Wildman–Crippen LogP) is 1.74. The lowest BCUT2D eigenvalue weighted by Crippen LogP contribution is -2.26. The molecular weight excluding hydrogens is 202 g/mol. The first kappa shape index (κ1) is 11.4. The van der Waals surface area contributed by atoms with Crippen LogP contribution < -0.4 is 5.32 Å². The number of fused-ring (bicyclic) bond motifs is 1. The van der Waals surface area contributed by atoms with Crippen LogP contribution >= 0.6 is 0 Å². The van der Waals surface area contributed by atoms with Crippen LogP contribution in [0.1, 0.15) is 36.4 Å². The average Bonchev–Trinajstić information content (AvgIpc) is 2.29. The van der Waals surface area contributed by atoms with Gasteiger partial charge in [-0.3, -0.25) is 0 Å². The monoisotopic (exact) mass is 221 g/mol. The number of aliphatic hydroxyl groups excluding tert-OH is 1. The zero-order valence-electron chi connectivity index (χ0n) is 9.45. The van der Waals surface area contributed by atoms with Gasteiger partial charge in [0.05, 0.1) is 0 Å². The van der Waals surface area contributed by atoms with Crippen LogP contribution in [-0.4, -0.2) is 23.4 Å². The highest BCUT2D eigenvalue weighted by Gasteiger charge is 2.19. The zero-order chi connectivity index (χ0) is 11.4. The van der Waals surface area contributed by atoms with Crippen molar-refractivity contribution in [3.63, 3.8) is 0 Å². The summed E-state index contributed by atoms with van der Waals surface area (Å²) in [7, 11) is 0. The second-order valence-corrected chi connectivity index (χ2v) is 4.36. The number of phenols is 1. The van der Waals surface area contributed by atoms with E-state index in [2.05, 4.69) is 5.32 Å². The van der Waals surface area contributed by atoms with Crippen LogP contribution in [0.15, 0.2) is 18.2 Å². The van der Waals surface area contributed by atoms with Gasteiger partial charge in [0.25, 0.3) is 0 Å². The summed E-state index contributed by atoms with van der Waals surface area (Å²) in [6, 6.07) is 6.02. The number of nitrogens with one attached hydrogen (secondary N) is 1. The highest BCUT2D eigenvalue weighted by Crippen LogP contribution is 2.31. The Bertz CT molecular complexity index is 352. The van der Waals surface area contributed by atoms with E-state index in [-0.39, 0.29) is 6.61 Å². The van der Waals surface area contributed by atoms with E-state index < -0.39 is 0 Å². The van der Waals surface area contributed by atoms with Gasteiger partial charge in [-0.1, -0.05) is 6.07 Å². The van der Waals surface area contributed by atoms with Crippen molar-refractivity contribution < 1.29 is 10.2 Å². The van der Waals surface area contributed by atoms with Crippen molar-refractivity contribution in [3.8, 4) is 5.75 Å². The Morgan fingerprint density at radius 3 is 3.06 bits per heavy atom. The number of benzene rings is 1. The van der Waals surface area contributed by atoms with Gasteiger partial charge in [0.1, 0.15) is 5.75 Å². The van der Waals surface area contributed by atoms with Crippen molar-refractivity contribution in [2.45, 2.75) is 31.7 Å². The van der Waals surface area contributed by atoms with Crippen molar-refractivity contribution >= 4 is 0 Å². The second kappa shape index (κ2) is 5.32. The molecule has 1 aliphatic rings. The van der Waals surface area contributed by atoms with Crippen LogP contribution in [-0.2, 0) is 6.42 Å². The molecule has 1 aromatic rings. The lowest BCUT2D eigenvalue weighted by atomic mass is 9.87.